The normalized spacial score (nSPS) is 20.1. The number of alkyl halides is 1. The van der Waals surface area contributed by atoms with Gasteiger partial charge in [0.05, 0.1) is 5.56 Å². The molecular weight excluding hydrogens is 229 g/mol. The monoisotopic (exact) mass is 241 g/mol. The van der Waals surface area contributed by atoms with Gasteiger partial charge in [0.15, 0.2) is 0 Å². The molecule has 4 heteroatoms. The van der Waals surface area contributed by atoms with Crippen LogP contribution in [0.5, 0.6) is 0 Å². The molecule has 2 nitrogen and oxygen atoms in total. The zero-order valence-corrected chi connectivity index (χ0v) is 9.58. The van der Waals surface area contributed by atoms with Crippen molar-refractivity contribution in [2.24, 2.45) is 0 Å². The Morgan fingerprint density at radius 1 is 1.50 bits per heavy atom. The second-order valence-electron chi connectivity index (χ2n) is 3.93. The van der Waals surface area contributed by atoms with Gasteiger partial charge in [0.1, 0.15) is 5.82 Å². The first-order chi connectivity index (χ1) is 7.74. The fourth-order valence-electron chi connectivity index (χ4n) is 2.05. The van der Waals surface area contributed by atoms with E-state index in [1.165, 1.54) is 12.1 Å². The third-order valence-electron chi connectivity index (χ3n) is 2.92. The maximum absolute atomic E-state index is 13.4. The number of carbonyl (C=O) groups excluding carboxylic acids is 1. The molecule has 1 amide bonds. The number of nitrogens with zero attached hydrogens (tertiary/aromatic N) is 1. The van der Waals surface area contributed by atoms with E-state index in [9.17, 15) is 9.18 Å². The number of amides is 1. The van der Waals surface area contributed by atoms with E-state index in [2.05, 4.69) is 0 Å². The van der Waals surface area contributed by atoms with Gasteiger partial charge in [-0.1, -0.05) is 12.1 Å². The summed E-state index contributed by atoms with van der Waals surface area (Å²) in [6, 6.07) is 6.12. The standard InChI is InChI=1S/C12H13ClFNO/c13-8-9-4-3-7-15(9)12(16)10-5-1-2-6-11(10)14/h1-2,5-6,9H,3-4,7-8H2/t9-/m0/s1. The number of benzene rings is 1. The topological polar surface area (TPSA) is 20.3 Å². The van der Waals surface area contributed by atoms with Gasteiger partial charge >= 0.3 is 0 Å². The number of likely N-dealkylation sites (tertiary alicyclic amines) is 1. The van der Waals surface area contributed by atoms with E-state index >= 15 is 0 Å². The zero-order valence-electron chi connectivity index (χ0n) is 8.83. The Morgan fingerprint density at radius 2 is 2.25 bits per heavy atom. The van der Waals surface area contributed by atoms with Crippen LogP contribution >= 0.6 is 11.6 Å². The minimum Gasteiger partial charge on any atom is -0.334 e. The Hall–Kier alpha value is -1.09. The fourth-order valence-corrected chi connectivity index (χ4v) is 2.37. The SMILES string of the molecule is O=C(c1ccccc1F)N1CCC[C@H]1CCl. The molecule has 1 aliphatic heterocycles. The van der Waals surface area contributed by atoms with Gasteiger partial charge in [0.2, 0.25) is 0 Å². The van der Waals surface area contributed by atoms with E-state index in [4.69, 9.17) is 11.6 Å². The first-order valence-electron chi connectivity index (χ1n) is 5.35. The van der Waals surface area contributed by atoms with Crippen LogP contribution in [0, 0.1) is 5.82 Å². The highest BCUT2D eigenvalue weighted by Gasteiger charge is 2.29. The smallest absolute Gasteiger partial charge is 0.257 e. The summed E-state index contributed by atoms with van der Waals surface area (Å²) < 4.78 is 13.4. The molecule has 0 bridgehead atoms. The molecule has 0 aromatic heterocycles. The third-order valence-corrected chi connectivity index (χ3v) is 3.28. The molecule has 2 rings (SSSR count). The van der Waals surface area contributed by atoms with E-state index in [0.717, 1.165) is 12.8 Å². The Morgan fingerprint density at radius 3 is 2.94 bits per heavy atom. The van der Waals surface area contributed by atoms with Crippen molar-refractivity contribution in [3.8, 4) is 0 Å². The highest BCUT2D eigenvalue weighted by molar-refractivity contribution is 6.18. The van der Waals surface area contributed by atoms with Gasteiger partial charge in [0, 0.05) is 18.5 Å². The highest BCUT2D eigenvalue weighted by Crippen LogP contribution is 2.21. The van der Waals surface area contributed by atoms with Crippen molar-refractivity contribution in [3.63, 3.8) is 0 Å². The van der Waals surface area contributed by atoms with E-state index in [0.29, 0.717) is 12.4 Å². The van der Waals surface area contributed by atoms with Gasteiger partial charge in [-0.05, 0) is 25.0 Å². The zero-order chi connectivity index (χ0) is 11.5. The number of hydrogen-bond acceptors (Lipinski definition) is 1. The van der Waals surface area contributed by atoms with E-state index < -0.39 is 5.82 Å². The van der Waals surface area contributed by atoms with Crippen molar-refractivity contribution in [3.05, 3.63) is 35.6 Å². The number of carbonyl (C=O) groups is 1. The number of hydrogen-bond donors (Lipinski definition) is 0. The average Bonchev–Trinajstić information content (AvgIpc) is 2.77. The van der Waals surface area contributed by atoms with Crippen LogP contribution in [0.3, 0.4) is 0 Å². The van der Waals surface area contributed by atoms with E-state index in [1.807, 2.05) is 0 Å². The first-order valence-corrected chi connectivity index (χ1v) is 5.89. The predicted octanol–water partition coefficient (Wildman–Crippen LogP) is 2.67. The Balaban J connectivity index is 2.22. The maximum Gasteiger partial charge on any atom is 0.257 e. The summed E-state index contributed by atoms with van der Waals surface area (Å²) in [5.74, 6) is -0.297. The van der Waals surface area contributed by atoms with Crippen molar-refractivity contribution in [1.29, 1.82) is 0 Å². The molecule has 0 saturated carbocycles. The summed E-state index contributed by atoms with van der Waals surface area (Å²) >= 11 is 5.79. The molecule has 86 valence electrons. The lowest BCUT2D eigenvalue weighted by Gasteiger charge is -2.23. The molecule has 0 N–H and O–H groups in total. The lowest BCUT2D eigenvalue weighted by atomic mass is 10.1. The summed E-state index contributed by atoms with van der Waals surface area (Å²) in [5.41, 5.74) is 0.138. The average molecular weight is 242 g/mol. The van der Waals surface area contributed by atoms with Crippen molar-refractivity contribution < 1.29 is 9.18 Å². The van der Waals surface area contributed by atoms with Crippen molar-refractivity contribution >= 4 is 17.5 Å². The molecule has 0 radical (unpaired) electrons. The minimum absolute atomic E-state index is 0.0498. The van der Waals surface area contributed by atoms with Gasteiger partial charge in [-0.3, -0.25) is 4.79 Å². The van der Waals surface area contributed by atoms with Crippen LogP contribution in [0.1, 0.15) is 23.2 Å². The van der Waals surface area contributed by atoms with Gasteiger partial charge in [-0.15, -0.1) is 11.6 Å². The molecule has 0 aliphatic carbocycles. The Kier molecular flexibility index (Phi) is 3.44. The molecule has 1 atom stereocenters. The lowest BCUT2D eigenvalue weighted by molar-refractivity contribution is 0.0744. The van der Waals surface area contributed by atoms with Crippen LogP contribution in [0.15, 0.2) is 24.3 Å². The van der Waals surface area contributed by atoms with Gasteiger partial charge in [-0.2, -0.15) is 0 Å². The van der Waals surface area contributed by atoms with Gasteiger partial charge < -0.3 is 4.90 Å². The summed E-state index contributed by atoms with van der Waals surface area (Å²) in [7, 11) is 0. The first kappa shape index (κ1) is 11.4. The second-order valence-corrected chi connectivity index (χ2v) is 4.24. The van der Waals surface area contributed by atoms with Crippen molar-refractivity contribution in [2.75, 3.05) is 12.4 Å². The van der Waals surface area contributed by atoms with E-state index in [-0.39, 0.29) is 17.5 Å². The van der Waals surface area contributed by atoms with Crippen LogP contribution in [-0.2, 0) is 0 Å². The quantitative estimate of drug-likeness (QED) is 0.729. The molecule has 1 aliphatic rings. The van der Waals surface area contributed by atoms with Crippen molar-refractivity contribution in [1.82, 2.24) is 4.90 Å². The molecule has 1 saturated heterocycles. The summed E-state index contributed by atoms with van der Waals surface area (Å²) in [6.45, 7) is 0.671. The molecule has 0 spiro atoms. The second kappa shape index (κ2) is 4.83. The Bertz CT molecular complexity index is 396. The molecule has 1 aromatic carbocycles. The molecule has 1 fully saturated rings. The molecule has 16 heavy (non-hydrogen) atoms. The molecule has 0 unspecified atom stereocenters. The van der Waals surface area contributed by atoms with Crippen molar-refractivity contribution in [2.45, 2.75) is 18.9 Å². The van der Waals surface area contributed by atoms with Crippen LogP contribution < -0.4 is 0 Å². The molecular formula is C12H13ClFNO. The molecule has 1 aromatic rings. The lowest BCUT2D eigenvalue weighted by Crippen LogP contribution is -2.36. The number of rotatable bonds is 2. The summed E-state index contributed by atoms with van der Waals surface area (Å²) in [5, 5.41) is 0. The highest BCUT2D eigenvalue weighted by atomic mass is 35.5. The van der Waals surface area contributed by atoms with Crippen LogP contribution in [0.2, 0.25) is 0 Å². The minimum atomic E-state index is -0.465. The van der Waals surface area contributed by atoms with Gasteiger partial charge in [0.25, 0.3) is 5.91 Å². The fraction of sp³-hybridized carbons (Fsp3) is 0.417. The maximum atomic E-state index is 13.4. The van der Waals surface area contributed by atoms with E-state index in [1.54, 1.807) is 17.0 Å². The molecule has 1 heterocycles. The summed E-state index contributed by atoms with van der Waals surface area (Å²) in [6.07, 6.45) is 1.85. The van der Waals surface area contributed by atoms with Crippen LogP contribution in [0.25, 0.3) is 0 Å². The summed E-state index contributed by atoms with van der Waals surface area (Å²) in [4.78, 5) is 13.7. The largest absolute Gasteiger partial charge is 0.334 e. The van der Waals surface area contributed by atoms with Gasteiger partial charge in [-0.25, -0.2) is 4.39 Å². The predicted molar refractivity (Wildman–Crippen MR) is 61.2 cm³/mol. The Labute approximate surface area is 99.0 Å². The van der Waals surface area contributed by atoms with Crippen LogP contribution in [0.4, 0.5) is 4.39 Å². The number of halogens is 2. The third kappa shape index (κ3) is 2.05. The van der Waals surface area contributed by atoms with Crippen LogP contribution in [-0.4, -0.2) is 29.3 Å².